The number of nitrogens with one attached hydrogen (secondary N) is 1. The van der Waals surface area contributed by atoms with Crippen molar-refractivity contribution >= 4 is 5.82 Å². The molecular formula is C15H22F3N3. The number of rotatable bonds is 4. The normalized spacial score (nSPS) is 17.3. The molecular weight excluding hydrogens is 279 g/mol. The molecule has 0 bridgehead atoms. The highest BCUT2D eigenvalue weighted by molar-refractivity contribution is 5.42. The number of hydrogen-bond donors (Lipinski definition) is 1. The fourth-order valence-corrected chi connectivity index (χ4v) is 2.64. The Kier molecular flexibility index (Phi) is 5.08. The number of piperidine rings is 1. The Morgan fingerprint density at radius 3 is 2.48 bits per heavy atom. The van der Waals surface area contributed by atoms with Crippen molar-refractivity contribution in [3.05, 3.63) is 23.4 Å². The average Bonchev–Trinajstić information content (AvgIpc) is 2.45. The zero-order valence-corrected chi connectivity index (χ0v) is 12.5. The summed E-state index contributed by atoms with van der Waals surface area (Å²) in [5, 5.41) is 3.25. The highest BCUT2D eigenvalue weighted by atomic mass is 19.4. The number of hydrogen-bond acceptors (Lipinski definition) is 3. The van der Waals surface area contributed by atoms with Gasteiger partial charge in [-0.2, -0.15) is 13.2 Å². The van der Waals surface area contributed by atoms with E-state index in [-0.39, 0.29) is 12.8 Å². The smallest absolute Gasteiger partial charge is 0.357 e. The summed E-state index contributed by atoms with van der Waals surface area (Å²) in [6.45, 7) is 6.49. The van der Waals surface area contributed by atoms with E-state index in [1.54, 1.807) is 0 Å². The minimum atomic E-state index is -4.06. The summed E-state index contributed by atoms with van der Waals surface area (Å²) in [7, 11) is 0. The van der Waals surface area contributed by atoms with E-state index >= 15 is 0 Å². The molecule has 0 unspecified atom stereocenters. The van der Waals surface area contributed by atoms with Crippen molar-refractivity contribution in [1.82, 2.24) is 10.3 Å². The van der Waals surface area contributed by atoms with Gasteiger partial charge in [0.25, 0.3) is 0 Å². The van der Waals surface area contributed by atoms with E-state index in [2.05, 4.69) is 10.3 Å². The Morgan fingerprint density at radius 1 is 1.29 bits per heavy atom. The van der Waals surface area contributed by atoms with Crippen LogP contribution < -0.4 is 10.2 Å². The summed E-state index contributed by atoms with van der Waals surface area (Å²) < 4.78 is 38.0. The Morgan fingerprint density at radius 2 is 1.95 bits per heavy atom. The van der Waals surface area contributed by atoms with Gasteiger partial charge in [-0.3, -0.25) is 0 Å². The minimum Gasteiger partial charge on any atom is -0.357 e. The maximum absolute atomic E-state index is 12.7. The fourth-order valence-electron chi connectivity index (χ4n) is 2.64. The first-order chi connectivity index (χ1) is 9.91. The molecule has 1 aliphatic heterocycles. The van der Waals surface area contributed by atoms with Crippen LogP contribution in [0.25, 0.3) is 0 Å². The maximum Gasteiger partial charge on any atom is 0.391 e. The number of nitrogens with zero attached hydrogens (tertiary/aromatic N) is 2. The van der Waals surface area contributed by atoms with E-state index in [9.17, 15) is 13.2 Å². The van der Waals surface area contributed by atoms with Crippen molar-refractivity contribution in [3.8, 4) is 0 Å². The standard InChI is InChI=1S/C15H22F3N3/c1-3-19-10-12-4-5-14(20-11(12)2)21-8-6-13(7-9-21)15(16,17)18/h4-5,13,19H,3,6-10H2,1-2H3. The lowest BCUT2D eigenvalue weighted by molar-refractivity contribution is -0.179. The first-order valence-electron chi connectivity index (χ1n) is 7.40. The van der Waals surface area contributed by atoms with E-state index in [4.69, 9.17) is 0 Å². The molecule has 6 heteroatoms. The SMILES string of the molecule is CCNCc1ccc(N2CCC(C(F)(F)F)CC2)nc1C. The van der Waals surface area contributed by atoms with Crippen LogP contribution in [0, 0.1) is 12.8 Å². The zero-order chi connectivity index (χ0) is 15.5. The number of aromatic nitrogens is 1. The first kappa shape index (κ1) is 16.1. The summed E-state index contributed by atoms with van der Waals surface area (Å²) in [5.74, 6) is -0.378. The summed E-state index contributed by atoms with van der Waals surface area (Å²) in [4.78, 5) is 6.49. The molecule has 1 N–H and O–H groups in total. The second-order valence-corrected chi connectivity index (χ2v) is 5.50. The average molecular weight is 301 g/mol. The minimum absolute atomic E-state index is 0.156. The van der Waals surface area contributed by atoms with Gasteiger partial charge in [0.05, 0.1) is 5.92 Å². The van der Waals surface area contributed by atoms with Gasteiger partial charge in [0, 0.05) is 25.3 Å². The largest absolute Gasteiger partial charge is 0.391 e. The molecule has 2 rings (SSSR count). The fraction of sp³-hybridized carbons (Fsp3) is 0.667. The molecule has 1 fully saturated rings. The number of anilines is 1. The van der Waals surface area contributed by atoms with Crippen LogP contribution in [0.4, 0.5) is 19.0 Å². The molecule has 0 saturated carbocycles. The highest BCUT2D eigenvalue weighted by Crippen LogP contribution is 2.35. The van der Waals surface area contributed by atoms with Crippen LogP contribution in [0.3, 0.4) is 0 Å². The van der Waals surface area contributed by atoms with Gasteiger partial charge in [0.2, 0.25) is 0 Å². The second kappa shape index (κ2) is 6.64. The molecule has 0 aromatic carbocycles. The molecule has 0 aliphatic carbocycles. The van der Waals surface area contributed by atoms with Gasteiger partial charge in [-0.15, -0.1) is 0 Å². The van der Waals surface area contributed by atoms with Crippen LogP contribution in [0.2, 0.25) is 0 Å². The second-order valence-electron chi connectivity index (χ2n) is 5.50. The maximum atomic E-state index is 12.7. The molecule has 0 spiro atoms. The highest BCUT2D eigenvalue weighted by Gasteiger charge is 2.41. The van der Waals surface area contributed by atoms with Gasteiger partial charge in [-0.1, -0.05) is 13.0 Å². The predicted molar refractivity (Wildman–Crippen MR) is 77.3 cm³/mol. The zero-order valence-electron chi connectivity index (χ0n) is 12.5. The van der Waals surface area contributed by atoms with Crippen molar-refractivity contribution in [1.29, 1.82) is 0 Å². The molecule has 21 heavy (non-hydrogen) atoms. The van der Waals surface area contributed by atoms with Crippen LogP contribution in [0.1, 0.15) is 31.0 Å². The third-order valence-corrected chi connectivity index (χ3v) is 4.03. The molecule has 3 nitrogen and oxygen atoms in total. The van der Waals surface area contributed by atoms with Gasteiger partial charge in [-0.25, -0.2) is 4.98 Å². The van der Waals surface area contributed by atoms with Crippen LogP contribution in [-0.2, 0) is 6.54 Å². The van der Waals surface area contributed by atoms with Crippen LogP contribution in [0.5, 0.6) is 0 Å². The van der Waals surface area contributed by atoms with Crippen LogP contribution >= 0.6 is 0 Å². The van der Waals surface area contributed by atoms with Crippen molar-refractivity contribution in [3.63, 3.8) is 0 Å². The predicted octanol–water partition coefficient (Wildman–Crippen LogP) is 3.28. The molecule has 118 valence electrons. The summed E-state index contributed by atoms with van der Waals surface area (Å²) >= 11 is 0. The molecule has 2 heterocycles. The van der Waals surface area contributed by atoms with Crippen LogP contribution in [-0.4, -0.2) is 30.8 Å². The number of aryl methyl sites for hydroxylation is 1. The molecule has 1 aromatic rings. The van der Waals surface area contributed by atoms with Gasteiger partial charge in [0.15, 0.2) is 0 Å². The Bertz CT molecular complexity index is 466. The van der Waals surface area contributed by atoms with Crippen molar-refractivity contribution in [2.45, 2.75) is 39.4 Å². The summed E-state index contributed by atoms with van der Waals surface area (Å²) in [6, 6.07) is 3.92. The van der Waals surface area contributed by atoms with E-state index < -0.39 is 12.1 Å². The third kappa shape index (κ3) is 4.09. The summed E-state index contributed by atoms with van der Waals surface area (Å²) in [5.41, 5.74) is 2.07. The Hall–Kier alpha value is -1.30. The van der Waals surface area contributed by atoms with Crippen molar-refractivity contribution in [2.75, 3.05) is 24.5 Å². The van der Waals surface area contributed by atoms with E-state index in [0.717, 1.165) is 30.2 Å². The molecule has 0 atom stereocenters. The number of alkyl halides is 3. The lowest BCUT2D eigenvalue weighted by Crippen LogP contribution is -2.39. The van der Waals surface area contributed by atoms with E-state index in [1.807, 2.05) is 30.9 Å². The van der Waals surface area contributed by atoms with Crippen molar-refractivity contribution in [2.24, 2.45) is 5.92 Å². The number of halogens is 3. The van der Waals surface area contributed by atoms with Gasteiger partial charge in [0.1, 0.15) is 5.82 Å². The van der Waals surface area contributed by atoms with E-state index in [1.165, 1.54) is 0 Å². The number of pyridine rings is 1. The van der Waals surface area contributed by atoms with Gasteiger partial charge in [-0.05, 0) is 37.9 Å². The van der Waals surface area contributed by atoms with Gasteiger partial charge >= 0.3 is 6.18 Å². The molecule has 1 aromatic heterocycles. The van der Waals surface area contributed by atoms with E-state index in [0.29, 0.717) is 13.1 Å². The lowest BCUT2D eigenvalue weighted by Gasteiger charge is -2.33. The van der Waals surface area contributed by atoms with Crippen LogP contribution in [0.15, 0.2) is 12.1 Å². The topological polar surface area (TPSA) is 28.2 Å². The van der Waals surface area contributed by atoms with Crippen molar-refractivity contribution < 1.29 is 13.2 Å². The molecule has 1 saturated heterocycles. The molecule has 0 radical (unpaired) electrons. The van der Waals surface area contributed by atoms with Gasteiger partial charge < -0.3 is 10.2 Å². The quantitative estimate of drug-likeness (QED) is 0.925. The Labute approximate surface area is 123 Å². The Balaban J connectivity index is 1.99. The monoisotopic (exact) mass is 301 g/mol. The third-order valence-electron chi connectivity index (χ3n) is 4.03. The first-order valence-corrected chi connectivity index (χ1v) is 7.40. The molecule has 0 amide bonds. The summed E-state index contributed by atoms with van der Waals surface area (Å²) in [6.07, 6.45) is -3.75. The molecule has 1 aliphatic rings. The lowest BCUT2D eigenvalue weighted by atomic mass is 9.96.